The number of carbonyl (C=O) groups excluding carboxylic acids is 2. The zero-order valence-corrected chi connectivity index (χ0v) is 20.8. The number of rotatable bonds is 8. The lowest BCUT2D eigenvalue weighted by Gasteiger charge is -2.14. The number of hydrogen-bond donors (Lipinski definition) is 3. The number of fused-ring (bicyclic) bond motifs is 1. The van der Waals surface area contributed by atoms with Crippen molar-refractivity contribution in [2.75, 3.05) is 19.0 Å². The summed E-state index contributed by atoms with van der Waals surface area (Å²) in [6, 6.07) is 10.2. The molecule has 3 heterocycles. The van der Waals surface area contributed by atoms with Gasteiger partial charge in [-0.15, -0.1) is 12.4 Å². The van der Waals surface area contributed by atoms with Gasteiger partial charge in [0.25, 0.3) is 11.5 Å². The highest BCUT2D eigenvalue weighted by Gasteiger charge is 2.19. The molecule has 10 heteroatoms. The lowest BCUT2D eigenvalue weighted by molar-refractivity contribution is 0.0972. The van der Waals surface area contributed by atoms with Gasteiger partial charge in [-0.2, -0.15) is 11.3 Å². The van der Waals surface area contributed by atoms with Gasteiger partial charge in [-0.25, -0.2) is 4.98 Å². The number of halogens is 1. The molecule has 1 aromatic carbocycles. The highest BCUT2D eigenvalue weighted by molar-refractivity contribution is 7.08. The van der Waals surface area contributed by atoms with Crippen LogP contribution in [0.25, 0.3) is 10.9 Å². The molecule has 1 unspecified atom stereocenters. The van der Waals surface area contributed by atoms with Crippen LogP contribution in [0.15, 0.2) is 58.1 Å². The number of amides is 1. The molecule has 8 nitrogen and oxygen atoms in total. The van der Waals surface area contributed by atoms with Gasteiger partial charge in [0.15, 0.2) is 5.78 Å². The molecule has 0 aliphatic carbocycles. The lowest BCUT2D eigenvalue weighted by atomic mass is 9.93. The molecule has 0 saturated carbocycles. The summed E-state index contributed by atoms with van der Waals surface area (Å²) >= 11 is 1.57. The largest absolute Gasteiger partial charge is 0.481 e. The fraction of sp³-hybridized carbons (Fsp3) is 0.200. The predicted molar refractivity (Wildman–Crippen MR) is 140 cm³/mol. The maximum Gasteiger partial charge on any atom is 0.261 e. The summed E-state index contributed by atoms with van der Waals surface area (Å²) in [5.41, 5.74) is 8.55. The maximum absolute atomic E-state index is 12.9. The van der Waals surface area contributed by atoms with Gasteiger partial charge < -0.3 is 20.8 Å². The van der Waals surface area contributed by atoms with E-state index >= 15 is 0 Å². The van der Waals surface area contributed by atoms with E-state index in [4.69, 9.17) is 10.5 Å². The molecular weight excluding hydrogens is 488 g/mol. The third-order valence-corrected chi connectivity index (χ3v) is 6.40. The Hall–Kier alpha value is -3.53. The number of benzene rings is 1. The van der Waals surface area contributed by atoms with Crippen LogP contribution in [0.4, 0.5) is 5.69 Å². The second kappa shape index (κ2) is 11.3. The van der Waals surface area contributed by atoms with Crippen molar-refractivity contribution >= 4 is 52.0 Å². The zero-order valence-electron chi connectivity index (χ0n) is 19.2. The minimum Gasteiger partial charge on any atom is -0.481 e. The van der Waals surface area contributed by atoms with Gasteiger partial charge in [-0.3, -0.25) is 14.4 Å². The van der Waals surface area contributed by atoms with Gasteiger partial charge in [0, 0.05) is 41.2 Å². The average Bonchev–Trinajstić information content (AvgIpc) is 3.37. The maximum atomic E-state index is 12.9. The molecule has 0 aliphatic heterocycles. The Labute approximate surface area is 212 Å². The Kier molecular flexibility index (Phi) is 8.39. The Morgan fingerprint density at radius 1 is 1.23 bits per heavy atom. The van der Waals surface area contributed by atoms with Crippen LogP contribution in [-0.4, -0.2) is 35.3 Å². The summed E-state index contributed by atoms with van der Waals surface area (Å²) in [6.45, 7) is 2.18. The van der Waals surface area contributed by atoms with E-state index in [9.17, 15) is 14.4 Å². The third kappa shape index (κ3) is 5.76. The van der Waals surface area contributed by atoms with Crippen molar-refractivity contribution < 1.29 is 14.3 Å². The molecule has 1 amide bonds. The first-order chi connectivity index (χ1) is 16.4. The van der Waals surface area contributed by atoms with Gasteiger partial charge in [0.05, 0.1) is 12.6 Å². The second-order valence-electron chi connectivity index (χ2n) is 7.93. The topological polar surface area (TPSA) is 127 Å². The molecule has 0 saturated heterocycles. The van der Waals surface area contributed by atoms with Crippen LogP contribution in [0, 0.1) is 6.92 Å². The number of aromatic amines is 1. The lowest BCUT2D eigenvalue weighted by Crippen LogP contribution is -2.23. The zero-order chi connectivity index (χ0) is 24.2. The number of anilines is 1. The summed E-state index contributed by atoms with van der Waals surface area (Å²) in [5.74, 6) is -0.361. The van der Waals surface area contributed by atoms with Crippen LogP contribution >= 0.6 is 23.7 Å². The predicted octanol–water partition coefficient (Wildman–Crippen LogP) is 4.29. The molecule has 4 rings (SSSR count). The quantitative estimate of drug-likeness (QED) is 0.302. The fourth-order valence-corrected chi connectivity index (χ4v) is 4.41. The highest BCUT2D eigenvalue weighted by atomic mass is 35.5. The third-order valence-electron chi connectivity index (χ3n) is 5.69. The summed E-state index contributed by atoms with van der Waals surface area (Å²) in [4.78, 5) is 45.2. The summed E-state index contributed by atoms with van der Waals surface area (Å²) in [7, 11) is 1.48. The van der Waals surface area contributed by atoms with Crippen molar-refractivity contribution in [2.45, 2.75) is 19.3 Å². The summed E-state index contributed by atoms with van der Waals surface area (Å²) < 4.78 is 5.07. The number of pyridine rings is 2. The van der Waals surface area contributed by atoms with Crippen LogP contribution in [0.5, 0.6) is 5.88 Å². The number of nitrogens with two attached hydrogens (primary N) is 1. The molecular formula is C25H25ClN4O4S. The standard InChI is InChI=1S/C25H24N4O4S.ClH/c1-14-3-4-15(22(30)9-17(11-26)16-5-6-34-13-16)8-20(14)28-24(31)19-7-18-12-27-23(33-2)10-21(18)29-25(19)32;/h3-8,10,12-13,17H,9,11,26H2,1-2H3,(H,28,31)(H,29,32);1H. The fourth-order valence-electron chi connectivity index (χ4n) is 3.67. The number of methoxy groups -OCH3 is 1. The van der Waals surface area contributed by atoms with Gasteiger partial charge in [0.1, 0.15) is 5.56 Å². The Morgan fingerprint density at radius 2 is 2.03 bits per heavy atom. The average molecular weight is 513 g/mol. The van der Waals surface area contributed by atoms with Gasteiger partial charge in [-0.1, -0.05) is 12.1 Å². The second-order valence-corrected chi connectivity index (χ2v) is 8.71. The number of Topliss-reactive ketones (excluding diaryl/α,β-unsaturated/α-hetero) is 1. The number of carbonyl (C=O) groups is 2. The van der Waals surface area contributed by atoms with Crippen LogP contribution in [0.3, 0.4) is 0 Å². The first kappa shape index (κ1) is 26.1. The van der Waals surface area contributed by atoms with Crippen molar-refractivity contribution in [2.24, 2.45) is 5.73 Å². The SMILES string of the molecule is COc1cc2[nH]c(=O)c(C(=O)Nc3cc(C(=O)CC(CN)c4ccsc4)ccc3C)cc2cn1.Cl. The molecule has 0 aliphatic rings. The number of nitrogens with zero attached hydrogens (tertiary/aromatic N) is 1. The molecule has 0 radical (unpaired) electrons. The smallest absolute Gasteiger partial charge is 0.261 e. The van der Waals surface area contributed by atoms with Crippen molar-refractivity contribution in [1.29, 1.82) is 0 Å². The van der Waals surface area contributed by atoms with Crippen molar-refractivity contribution in [3.63, 3.8) is 0 Å². The number of hydrogen-bond acceptors (Lipinski definition) is 7. The number of nitrogens with one attached hydrogen (secondary N) is 2. The highest BCUT2D eigenvalue weighted by Crippen LogP contribution is 2.25. The molecule has 0 fully saturated rings. The molecule has 1 atom stereocenters. The Balaban J connectivity index is 0.00000342. The number of aryl methyl sites for hydroxylation is 1. The van der Waals surface area contributed by atoms with E-state index in [0.29, 0.717) is 34.6 Å². The number of aromatic nitrogens is 2. The Bertz CT molecular complexity index is 1420. The number of ether oxygens (including phenoxy) is 1. The van der Waals surface area contributed by atoms with Crippen molar-refractivity contribution in [3.8, 4) is 5.88 Å². The monoisotopic (exact) mass is 512 g/mol. The molecule has 3 aromatic heterocycles. The summed E-state index contributed by atoms with van der Waals surface area (Å²) in [6.07, 6.45) is 1.79. The molecule has 4 aromatic rings. The normalized spacial score (nSPS) is 11.5. The Morgan fingerprint density at radius 3 is 2.71 bits per heavy atom. The van der Waals surface area contributed by atoms with E-state index in [-0.39, 0.29) is 36.1 Å². The van der Waals surface area contributed by atoms with Gasteiger partial charge >= 0.3 is 0 Å². The number of H-pyrrole nitrogens is 1. The molecule has 4 N–H and O–H groups in total. The van der Waals surface area contributed by atoms with E-state index in [2.05, 4.69) is 15.3 Å². The molecule has 0 bridgehead atoms. The van der Waals surface area contributed by atoms with E-state index in [1.165, 1.54) is 19.4 Å². The minimum atomic E-state index is -0.579. The number of thiophene rings is 1. The number of ketones is 1. The summed E-state index contributed by atoms with van der Waals surface area (Å²) in [5, 5.41) is 7.32. The molecule has 182 valence electrons. The first-order valence-electron chi connectivity index (χ1n) is 10.6. The minimum absolute atomic E-state index is 0. The van der Waals surface area contributed by atoms with Crippen molar-refractivity contribution in [1.82, 2.24) is 9.97 Å². The van der Waals surface area contributed by atoms with Crippen LogP contribution in [-0.2, 0) is 0 Å². The van der Waals surface area contributed by atoms with E-state index in [0.717, 1.165) is 11.1 Å². The van der Waals surface area contributed by atoms with Crippen LogP contribution in [0.1, 0.15) is 44.2 Å². The van der Waals surface area contributed by atoms with Crippen molar-refractivity contribution in [3.05, 3.63) is 86.0 Å². The van der Waals surface area contributed by atoms with Gasteiger partial charge in [0.2, 0.25) is 5.88 Å². The van der Waals surface area contributed by atoms with Crippen LogP contribution in [0.2, 0.25) is 0 Å². The van der Waals surface area contributed by atoms with E-state index in [1.54, 1.807) is 35.6 Å². The van der Waals surface area contributed by atoms with E-state index in [1.807, 2.05) is 23.8 Å². The van der Waals surface area contributed by atoms with Gasteiger partial charge in [-0.05, 0) is 53.6 Å². The molecule has 0 spiro atoms. The van der Waals surface area contributed by atoms with Crippen LogP contribution < -0.4 is 21.3 Å². The van der Waals surface area contributed by atoms with E-state index < -0.39 is 11.5 Å². The first-order valence-corrected chi connectivity index (χ1v) is 11.6. The molecule has 35 heavy (non-hydrogen) atoms.